The summed E-state index contributed by atoms with van der Waals surface area (Å²) in [7, 11) is 1.63. The molecular formula is C16H12BrN5O. The van der Waals surface area contributed by atoms with Crippen LogP contribution >= 0.6 is 15.9 Å². The van der Waals surface area contributed by atoms with Crippen molar-refractivity contribution in [1.82, 2.24) is 24.6 Å². The minimum Gasteiger partial charge on any atom is -0.495 e. The van der Waals surface area contributed by atoms with Crippen LogP contribution in [0, 0.1) is 6.92 Å². The molecule has 0 aliphatic heterocycles. The minimum absolute atomic E-state index is 0.706. The number of fused-ring (bicyclic) bond motifs is 3. The van der Waals surface area contributed by atoms with Crippen LogP contribution in [0.1, 0.15) is 5.69 Å². The molecule has 23 heavy (non-hydrogen) atoms. The van der Waals surface area contributed by atoms with Crippen molar-refractivity contribution in [3.63, 3.8) is 0 Å². The van der Waals surface area contributed by atoms with Crippen molar-refractivity contribution in [3.8, 4) is 16.9 Å². The lowest BCUT2D eigenvalue weighted by molar-refractivity contribution is 0.413. The maximum atomic E-state index is 5.28. The van der Waals surface area contributed by atoms with Crippen LogP contribution in [0.3, 0.4) is 0 Å². The second kappa shape index (κ2) is 5.27. The lowest BCUT2D eigenvalue weighted by Gasteiger charge is -2.10. The minimum atomic E-state index is 0.706. The molecule has 6 nitrogen and oxygen atoms in total. The quantitative estimate of drug-likeness (QED) is 0.541. The van der Waals surface area contributed by atoms with E-state index in [0.717, 1.165) is 38.0 Å². The summed E-state index contributed by atoms with van der Waals surface area (Å²) in [4.78, 5) is 8.98. The van der Waals surface area contributed by atoms with Gasteiger partial charge in [-0.1, -0.05) is 15.9 Å². The largest absolute Gasteiger partial charge is 0.495 e. The molecule has 0 aliphatic rings. The maximum Gasteiger partial charge on any atom is 0.182 e. The van der Waals surface area contributed by atoms with Gasteiger partial charge in [0.1, 0.15) is 12.1 Å². The molecule has 0 saturated heterocycles. The molecule has 0 N–H and O–H groups in total. The standard InChI is InChI=1S/C16H12BrN5O/c1-9-16-21-19-8-22(16)14-5-11(17)4-13(15(14)20-9)10-3-12(23-2)7-18-6-10/h3-8H,1-2H3. The predicted octanol–water partition coefficient (Wildman–Crippen LogP) is 3.42. The number of methoxy groups -OCH3 is 1. The van der Waals surface area contributed by atoms with Gasteiger partial charge < -0.3 is 4.74 Å². The Labute approximate surface area is 140 Å². The monoisotopic (exact) mass is 369 g/mol. The lowest BCUT2D eigenvalue weighted by atomic mass is 10.1. The lowest BCUT2D eigenvalue weighted by Crippen LogP contribution is -1.97. The molecule has 0 radical (unpaired) electrons. The first-order valence-electron chi connectivity index (χ1n) is 6.96. The molecule has 0 bridgehead atoms. The van der Waals surface area contributed by atoms with Crippen molar-refractivity contribution in [2.45, 2.75) is 6.92 Å². The van der Waals surface area contributed by atoms with Crippen LogP contribution in [0.5, 0.6) is 5.75 Å². The number of hydrogen-bond acceptors (Lipinski definition) is 5. The zero-order chi connectivity index (χ0) is 16.0. The fraction of sp³-hybridized carbons (Fsp3) is 0.125. The summed E-state index contributed by atoms with van der Waals surface area (Å²) in [5, 5.41) is 8.13. The molecule has 0 atom stereocenters. The first-order chi connectivity index (χ1) is 11.2. The summed E-state index contributed by atoms with van der Waals surface area (Å²) in [6, 6.07) is 5.98. The number of pyridine rings is 1. The van der Waals surface area contributed by atoms with E-state index in [0.29, 0.717) is 5.75 Å². The number of nitrogens with zero attached hydrogens (tertiary/aromatic N) is 5. The third kappa shape index (κ3) is 2.24. The molecule has 3 aromatic heterocycles. The summed E-state index contributed by atoms with van der Waals surface area (Å²) in [5.74, 6) is 0.706. The van der Waals surface area contributed by atoms with Gasteiger partial charge in [-0.05, 0) is 25.1 Å². The number of ether oxygens (including phenoxy) is 1. The molecule has 0 saturated carbocycles. The number of hydrogen-bond donors (Lipinski definition) is 0. The zero-order valence-electron chi connectivity index (χ0n) is 12.5. The Balaban J connectivity index is 2.11. The summed E-state index contributed by atoms with van der Waals surface area (Å²) in [6.45, 7) is 1.93. The Hall–Kier alpha value is -2.54. The van der Waals surface area contributed by atoms with Gasteiger partial charge in [-0.15, -0.1) is 10.2 Å². The van der Waals surface area contributed by atoms with Gasteiger partial charge in [0, 0.05) is 21.8 Å². The molecule has 3 heterocycles. The highest BCUT2D eigenvalue weighted by Gasteiger charge is 2.13. The van der Waals surface area contributed by atoms with Gasteiger partial charge in [-0.3, -0.25) is 9.38 Å². The van der Waals surface area contributed by atoms with Gasteiger partial charge in [-0.25, -0.2) is 4.98 Å². The van der Waals surface area contributed by atoms with Crippen LogP contribution in [-0.4, -0.2) is 31.7 Å². The SMILES string of the molecule is COc1cncc(-c2cc(Br)cc3c2nc(C)c2nncn23)c1. The number of aromatic nitrogens is 5. The van der Waals surface area contributed by atoms with Gasteiger partial charge in [0.25, 0.3) is 0 Å². The third-order valence-electron chi connectivity index (χ3n) is 3.72. The summed E-state index contributed by atoms with van der Waals surface area (Å²) < 4.78 is 8.17. The molecule has 114 valence electrons. The Bertz CT molecular complexity index is 1040. The first kappa shape index (κ1) is 14.1. The molecule has 0 spiro atoms. The molecular weight excluding hydrogens is 358 g/mol. The number of aryl methyl sites for hydroxylation is 1. The van der Waals surface area contributed by atoms with Crippen LogP contribution in [0.2, 0.25) is 0 Å². The average Bonchev–Trinajstić information content (AvgIpc) is 3.06. The molecule has 0 amide bonds. The van der Waals surface area contributed by atoms with Crippen LogP contribution < -0.4 is 4.74 Å². The fourth-order valence-corrected chi connectivity index (χ4v) is 3.11. The molecule has 1 aromatic carbocycles. The van der Waals surface area contributed by atoms with E-state index in [-0.39, 0.29) is 0 Å². The van der Waals surface area contributed by atoms with E-state index >= 15 is 0 Å². The highest BCUT2D eigenvalue weighted by atomic mass is 79.9. The van der Waals surface area contributed by atoms with E-state index in [2.05, 4.69) is 31.1 Å². The van der Waals surface area contributed by atoms with Crippen LogP contribution in [-0.2, 0) is 0 Å². The van der Waals surface area contributed by atoms with Gasteiger partial charge >= 0.3 is 0 Å². The Morgan fingerprint density at radius 3 is 2.87 bits per heavy atom. The number of benzene rings is 1. The predicted molar refractivity (Wildman–Crippen MR) is 90.5 cm³/mol. The van der Waals surface area contributed by atoms with Crippen molar-refractivity contribution in [2.24, 2.45) is 0 Å². The van der Waals surface area contributed by atoms with E-state index in [1.807, 2.05) is 29.5 Å². The van der Waals surface area contributed by atoms with Crippen LogP contribution in [0.25, 0.3) is 27.8 Å². The topological polar surface area (TPSA) is 65.2 Å². The summed E-state index contributed by atoms with van der Waals surface area (Å²) >= 11 is 3.58. The fourth-order valence-electron chi connectivity index (χ4n) is 2.66. The van der Waals surface area contributed by atoms with Crippen molar-refractivity contribution >= 4 is 32.6 Å². The van der Waals surface area contributed by atoms with Gasteiger partial charge in [-0.2, -0.15) is 0 Å². The highest BCUT2D eigenvalue weighted by molar-refractivity contribution is 9.10. The van der Waals surface area contributed by atoms with Crippen LogP contribution in [0.4, 0.5) is 0 Å². The van der Waals surface area contributed by atoms with Gasteiger partial charge in [0.15, 0.2) is 5.65 Å². The van der Waals surface area contributed by atoms with E-state index in [4.69, 9.17) is 9.72 Å². The van der Waals surface area contributed by atoms with Gasteiger partial charge in [0.05, 0.1) is 30.0 Å². The molecule has 0 aliphatic carbocycles. The first-order valence-corrected chi connectivity index (χ1v) is 7.75. The molecule has 0 unspecified atom stereocenters. The molecule has 7 heteroatoms. The van der Waals surface area contributed by atoms with E-state index < -0.39 is 0 Å². The zero-order valence-corrected chi connectivity index (χ0v) is 14.1. The van der Waals surface area contributed by atoms with Crippen molar-refractivity contribution in [1.29, 1.82) is 0 Å². The second-order valence-electron chi connectivity index (χ2n) is 5.16. The number of rotatable bonds is 2. The van der Waals surface area contributed by atoms with E-state index in [1.165, 1.54) is 0 Å². The molecule has 4 aromatic rings. The van der Waals surface area contributed by atoms with E-state index in [9.17, 15) is 0 Å². The average molecular weight is 370 g/mol. The molecule has 4 rings (SSSR count). The summed E-state index contributed by atoms with van der Waals surface area (Å²) in [5.41, 5.74) is 5.30. The smallest absolute Gasteiger partial charge is 0.182 e. The normalized spacial score (nSPS) is 11.3. The van der Waals surface area contributed by atoms with Gasteiger partial charge in [0.2, 0.25) is 0 Å². The Morgan fingerprint density at radius 2 is 2.04 bits per heavy atom. The Morgan fingerprint density at radius 1 is 1.17 bits per heavy atom. The van der Waals surface area contributed by atoms with Crippen molar-refractivity contribution in [2.75, 3.05) is 7.11 Å². The number of halogens is 1. The second-order valence-corrected chi connectivity index (χ2v) is 6.07. The van der Waals surface area contributed by atoms with E-state index in [1.54, 1.807) is 25.8 Å². The maximum absolute atomic E-state index is 5.28. The summed E-state index contributed by atoms with van der Waals surface area (Å²) in [6.07, 6.45) is 5.18. The van der Waals surface area contributed by atoms with Crippen molar-refractivity contribution in [3.05, 3.63) is 47.1 Å². The Kier molecular flexibility index (Phi) is 3.23. The van der Waals surface area contributed by atoms with Crippen molar-refractivity contribution < 1.29 is 4.74 Å². The van der Waals surface area contributed by atoms with Crippen LogP contribution in [0.15, 0.2) is 41.4 Å². The third-order valence-corrected chi connectivity index (χ3v) is 4.18. The highest BCUT2D eigenvalue weighted by Crippen LogP contribution is 2.32. The molecule has 0 fully saturated rings.